The van der Waals surface area contributed by atoms with Gasteiger partial charge in [0.05, 0.1) is 17.8 Å². The quantitative estimate of drug-likeness (QED) is 0.167. The molecule has 0 heteroatoms. The highest BCUT2D eigenvalue weighted by Gasteiger charge is 2.23. The van der Waals surface area contributed by atoms with Crippen LogP contribution in [0.25, 0.3) is 76.8 Å². The third kappa shape index (κ3) is 4.83. The molecule has 0 bridgehead atoms. The molecule has 9 rings (SSSR count). The Labute approximate surface area is 301 Å². The van der Waals surface area contributed by atoms with E-state index in [1.54, 1.807) is 0 Å². The number of benzene rings is 8. The molecular weight excluding hydrogens is 577 g/mol. The Bertz CT molecular complexity index is 2950. The molecule has 0 aromatic heterocycles. The zero-order chi connectivity index (χ0) is 43.2. The van der Waals surface area contributed by atoms with Gasteiger partial charge in [0, 0.05) is 0 Å². The van der Waals surface area contributed by atoms with Crippen molar-refractivity contribution < 1.29 is 17.8 Å². The van der Waals surface area contributed by atoms with Gasteiger partial charge in [-0.05, 0) is 101 Å². The van der Waals surface area contributed by atoms with Crippen molar-refractivity contribution in [2.75, 3.05) is 0 Å². The number of rotatable bonds is 5. The number of hydrogen-bond donors (Lipinski definition) is 0. The fourth-order valence-electron chi connectivity index (χ4n) is 7.79. The molecule has 8 aromatic rings. The predicted molar refractivity (Wildman–Crippen MR) is 207 cm³/mol. The second kappa shape index (κ2) is 12.3. The summed E-state index contributed by atoms with van der Waals surface area (Å²) in [6, 6.07) is 19.3. The van der Waals surface area contributed by atoms with Crippen molar-refractivity contribution in [2.45, 2.75) is 38.0 Å². The molecule has 8 aromatic carbocycles. The fraction of sp³-hybridized carbons (Fsp3) is 0.125. The summed E-state index contributed by atoms with van der Waals surface area (Å²) >= 11 is 0. The summed E-state index contributed by atoms with van der Waals surface area (Å²) in [5.41, 5.74) is 2.08. The molecule has 0 unspecified atom stereocenters. The van der Waals surface area contributed by atoms with Crippen LogP contribution in [0.15, 0.2) is 163 Å². The van der Waals surface area contributed by atoms with Gasteiger partial charge in [-0.3, -0.25) is 0 Å². The van der Waals surface area contributed by atoms with Crippen LogP contribution in [0.3, 0.4) is 0 Å². The highest BCUT2D eigenvalue weighted by atomic mass is 14.3. The van der Waals surface area contributed by atoms with Crippen molar-refractivity contribution in [3.63, 3.8) is 0 Å². The van der Waals surface area contributed by atoms with Gasteiger partial charge in [-0.1, -0.05) is 183 Å². The lowest BCUT2D eigenvalue weighted by atomic mass is 9.79. The molecule has 0 heterocycles. The van der Waals surface area contributed by atoms with Crippen molar-refractivity contribution in [3.05, 3.63) is 169 Å². The SMILES string of the molecule is [2H]c1c([2H])c([2H])c(-c2c([2H])c([2H])c([2H])c(-c3c([2H])c([2H])c([2H])c([2H])c3[2H])c2-c2c3ccccc3c(-c3cccc4c(C5CCCCC5)cccc34)c3ccccc23)c([2H])c1[2H]. The van der Waals surface area contributed by atoms with Gasteiger partial charge in [-0.25, -0.2) is 0 Å². The molecule has 1 fully saturated rings. The van der Waals surface area contributed by atoms with E-state index < -0.39 is 89.7 Å². The maximum Gasteiger partial charge on any atom is 0.0629 e. The molecule has 0 radical (unpaired) electrons. The summed E-state index contributed by atoms with van der Waals surface area (Å²) in [5, 5.41) is 4.89. The van der Waals surface area contributed by atoms with Crippen LogP contribution in [0.5, 0.6) is 0 Å². The Morgan fingerprint density at radius 3 is 1.46 bits per heavy atom. The average molecular weight is 628 g/mol. The van der Waals surface area contributed by atoms with Gasteiger partial charge >= 0.3 is 0 Å². The smallest absolute Gasteiger partial charge is 0.0622 e. The van der Waals surface area contributed by atoms with E-state index in [9.17, 15) is 2.74 Å². The number of fused-ring (bicyclic) bond motifs is 3. The molecule has 0 N–H and O–H groups in total. The molecular formula is C48H38. The van der Waals surface area contributed by atoms with E-state index in [1.807, 2.05) is 48.5 Å². The summed E-state index contributed by atoms with van der Waals surface area (Å²) in [7, 11) is 0. The summed E-state index contributed by atoms with van der Waals surface area (Å²) in [4.78, 5) is 0. The Hall–Kier alpha value is -5.46. The van der Waals surface area contributed by atoms with E-state index in [1.165, 1.54) is 30.2 Å². The summed E-state index contributed by atoms with van der Waals surface area (Å²) in [6.45, 7) is 0. The fourth-order valence-corrected chi connectivity index (χ4v) is 7.79. The normalized spacial score (nSPS) is 17.5. The summed E-state index contributed by atoms with van der Waals surface area (Å²) in [5.74, 6) is 0.446. The lowest BCUT2D eigenvalue weighted by Gasteiger charge is -2.25. The Morgan fingerprint density at radius 1 is 0.375 bits per heavy atom. The first-order valence-corrected chi connectivity index (χ1v) is 16.5. The van der Waals surface area contributed by atoms with E-state index in [0.29, 0.717) is 22.3 Å². The summed E-state index contributed by atoms with van der Waals surface area (Å²) in [6.07, 6.45) is 5.87. The number of hydrogen-bond acceptors (Lipinski definition) is 0. The maximum atomic E-state index is 9.48. The van der Waals surface area contributed by atoms with E-state index in [0.717, 1.165) is 40.1 Å². The van der Waals surface area contributed by atoms with Gasteiger partial charge in [0.1, 0.15) is 0 Å². The third-order valence-corrected chi connectivity index (χ3v) is 9.83. The lowest BCUT2D eigenvalue weighted by molar-refractivity contribution is 0.445. The summed E-state index contributed by atoms with van der Waals surface area (Å²) < 4.78 is 116. The molecule has 0 atom stereocenters. The van der Waals surface area contributed by atoms with Gasteiger partial charge in [-0.15, -0.1) is 0 Å². The van der Waals surface area contributed by atoms with Crippen LogP contribution in [-0.2, 0) is 0 Å². The zero-order valence-electron chi connectivity index (χ0n) is 39.2. The van der Waals surface area contributed by atoms with Crippen LogP contribution in [0.1, 0.15) is 61.4 Å². The van der Waals surface area contributed by atoms with Crippen LogP contribution in [0, 0.1) is 0 Å². The topological polar surface area (TPSA) is 0 Å². The van der Waals surface area contributed by atoms with Crippen molar-refractivity contribution in [1.29, 1.82) is 0 Å². The minimum atomic E-state index is -0.706. The van der Waals surface area contributed by atoms with Crippen LogP contribution < -0.4 is 0 Å². The lowest BCUT2D eigenvalue weighted by Crippen LogP contribution is -2.05. The average Bonchev–Trinajstić information content (AvgIpc) is 3.28. The zero-order valence-corrected chi connectivity index (χ0v) is 26.2. The third-order valence-electron chi connectivity index (χ3n) is 9.83. The second-order valence-corrected chi connectivity index (χ2v) is 12.4. The minimum Gasteiger partial charge on any atom is -0.0622 e. The second-order valence-electron chi connectivity index (χ2n) is 12.4. The standard InChI is InChI=1S/C48H38/c1-4-17-33(18-5-1)36-27-14-31-40-39(36)30-16-32-41(40)46-42-23-10-12-25-44(42)48(45-26-13-11-24-43(45)46)47-37(34-19-6-2-7-20-34)28-15-29-38(47)35-21-8-3-9-22-35/h2-3,6-16,19-33H,1,4-5,17-18H2/i2D,3D,6D,7D,8D,9D,15D,19D,20D,21D,22D,28D,29D. The van der Waals surface area contributed by atoms with Crippen molar-refractivity contribution in [1.82, 2.24) is 0 Å². The highest BCUT2D eigenvalue weighted by Crippen LogP contribution is 2.50. The van der Waals surface area contributed by atoms with Crippen molar-refractivity contribution in [3.8, 4) is 44.5 Å². The molecule has 0 saturated heterocycles. The van der Waals surface area contributed by atoms with Crippen molar-refractivity contribution in [2.24, 2.45) is 0 Å². The Kier molecular flexibility index (Phi) is 4.65. The maximum absolute atomic E-state index is 9.48. The van der Waals surface area contributed by atoms with Gasteiger partial charge in [0.15, 0.2) is 0 Å². The minimum absolute atomic E-state index is 0.0560. The first kappa shape index (κ1) is 18.2. The molecule has 230 valence electrons. The van der Waals surface area contributed by atoms with Crippen LogP contribution in [0.2, 0.25) is 0 Å². The molecule has 0 amide bonds. The molecule has 0 aliphatic heterocycles. The monoisotopic (exact) mass is 627 g/mol. The van der Waals surface area contributed by atoms with Gasteiger partial charge in [-0.2, -0.15) is 0 Å². The van der Waals surface area contributed by atoms with Crippen molar-refractivity contribution >= 4 is 32.3 Å². The van der Waals surface area contributed by atoms with E-state index in [4.69, 9.17) is 15.1 Å². The van der Waals surface area contributed by atoms with Crippen LogP contribution in [-0.4, -0.2) is 0 Å². The Balaban J connectivity index is 1.51. The van der Waals surface area contributed by atoms with Gasteiger partial charge in [0.25, 0.3) is 0 Å². The van der Waals surface area contributed by atoms with E-state index in [2.05, 4.69) is 36.4 Å². The molecule has 1 saturated carbocycles. The van der Waals surface area contributed by atoms with E-state index in [-0.39, 0.29) is 16.7 Å². The molecule has 1 aliphatic rings. The molecule has 48 heavy (non-hydrogen) atoms. The van der Waals surface area contributed by atoms with E-state index >= 15 is 0 Å². The van der Waals surface area contributed by atoms with Crippen LogP contribution >= 0.6 is 0 Å². The first-order valence-electron chi connectivity index (χ1n) is 23.0. The molecule has 0 spiro atoms. The first-order chi connectivity index (χ1) is 29.3. The Morgan fingerprint density at radius 2 is 0.875 bits per heavy atom. The molecule has 0 nitrogen and oxygen atoms in total. The predicted octanol–water partition coefficient (Wildman–Crippen LogP) is 13.9. The molecule has 1 aliphatic carbocycles. The highest BCUT2D eigenvalue weighted by molar-refractivity contribution is 6.25. The van der Waals surface area contributed by atoms with Gasteiger partial charge < -0.3 is 0 Å². The largest absolute Gasteiger partial charge is 0.0629 e. The van der Waals surface area contributed by atoms with Crippen LogP contribution in [0.4, 0.5) is 0 Å². The van der Waals surface area contributed by atoms with Gasteiger partial charge in [0.2, 0.25) is 0 Å².